The average molecular weight is 260 g/mol. The van der Waals surface area contributed by atoms with Crippen LogP contribution in [0.3, 0.4) is 0 Å². The maximum atomic E-state index is 11.6. The van der Waals surface area contributed by atoms with Crippen LogP contribution in [0.5, 0.6) is 0 Å². The van der Waals surface area contributed by atoms with E-state index in [4.69, 9.17) is 5.73 Å². The maximum absolute atomic E-state index is 11.6. The minimum Gasteiger partial charge on any atom is -0.328 e. The summed E-state index contributed by atoms with van der Waals surface area (Å²) in [6.45, 7) is 2.43. The van der Waals surface area contributed by atoms with Gasteiger partial charge in [0.15, 0.2) is 9.84 Å². The van der Waals surface area contributed by atoms with Crippen molar-refractivity contribution in [2.45, 2.75) is 57.2 Å². The summed E-state index contributed by atoms with van der Waals surface area (Å²) >= 11 is 0. The van der Waals surface area contributed by atoms with E-state index in [0.717, 1.165) is 12.8 Å². The Hall–Kier alpha value is -0.130. The molecule has 2 aliphatic rings. The molecule has 0 aromatic carbocycles. The highest BCUT2D eigenvalue weighted by molar-refractivity contribution is 7.91. The number of nitrogens with two attached hydrogens (primary N) is 1. The van der Waals surface area contributed by atoms with Crippen molar-refractivity contribution >= 4 is 9.84 Å². The van der Waals surface area contributed by atoms with E-state index in [1.165, 1.54) is 19.3 Å². The van der Waals surface area contributed by atoms with Crippen molar-refractivity contribution in [1.29, 1.82) is 0 Å². The summed E-state index contributed by atoms with van der Waals surface area (Å²) in [5.74, 6) is 0.571. The standard InChI is InChI=1S/C12H24N2O2S/c1-2-17(15,16)7-6-14-11-4-3-5-12(14)9-10(13)8-11/h10-12H,2-9,13H2,1H3. The van der Waals surface area contributed by atoms with Crippen molar-refractivity contribution in [3.05, 3.63) is 0 Å². The molecule has 5 heteroatoms. The van der Waals surface area contributed by atoms with Gasteiger partial charge in [0.05, 0.1) is 5.75 Å². The Labute approximate surface area is 104 Å². The summed E-state index contributed by atoms with van der Waals surface area (Å²) in [4.78, 5) is 2.42. The zero-order valence-electron chi connectivity index (χ0n) is 10.6. The molecule has 4 nitrogen and oxygen atoms in total. The van der Waals surface area contributed by atoms with Gasteiger partial charge < -0.3 is 5.73 Å². The van der Waals surface area contributed by atoms with Crippen LogP contribution >= 0.6 is 0 Å². The molecule has 0 aromatic rings. The van der Waals surface area contributed by atoms with Crippen molar-refractivity contribution in [1.82, 2.24) is 4.90 Å². The molecule has 2 unspecified atom stereocenters. The number of nitrogens with zero attached hydrogens (tertiary/aromatic N) is 1. The molecule has 2 rings (SSSR count). The largest absolute Gasteiger partial charge is 0.328 e. The van der Waals surface area contributed by atoms with E-state index in [1.54, 1.807) is 6.92 Å². The lowest BCUT2D eigenvalue weighted by atomic mass is 9.82. The van der Waals surface area contributed by atoms with Gasteiger partial charge in [-0.25, -0.2) is 8.42 Å². The number of rotatable bonds is 4. The van der Waals surface area contributed by atoms with Gasteiger partial charge >= 0.3 is 0 Å². The highest BCUT2D eigenvalue weighted by Gasteiger charge is 2.36. The van der Waals surface area contributed by atoms with Gasteiger partial charge in [-0.15, -0.1) is 0 Å². The molecule has 0 spiro atoms. The zero-order chi connectivity index (χ0) is 12.5. The molecule has 0 aliphatic carbocycles. The molecule has 2 heterocycles. The Kier molecular flexibility index (Phi) is 4.10. The summed E-state index contributed by atoms with van der Waals surface area (Å²) in [6, 6.07) is 1.39. The monoisotopic (exact) mass is 260 g/mol. The predicted molar refractivity (Wildman–Crippen MR) is 69.7 cm³/mol. The first-order valence-electron chi connectivity index (χ1n) is 6.73. The van der Waals surface area contributed by atoms with Crippen LogP contribution in [0.25, 0.3) is 0 Å². The maximum Gasteiger partial charge on any atom is 0.151 e. The smallest absolute Gasteiger partial charge is 0.151 e. The first-order chi connectivity index (χ1) is 8.02. The number of sulfone groups is 1. The Morgan fingerprint density at radius 1 is 1.24 bits per heavy atom. The normalized spacial score (nSPS) is 34.8. The van der Waals surface area contributed by atoms with Gasteiger partial charge in [-0.1, -0.05) is 13.3 Å². The Bertz CT molecular complexity index is 342. The molecule has 17 heavy (non-hydrogen) atoms. The van der Waals surface area contributed by atoms with E-state index in [9.17, 15) is 8.42 Å². The molecule has 2 bridgehead atoms. The lowest BCUT2D eigenvalue weighted by Gasteiger charge is -2.48. The van der Waals surface area contributed by atoms with Gasteiger partial charge in [0.1, 0.15) is 0 Å². The van der Waals surface area contributed by atoms with Gasteiger partial charge in [-0.05, 0) is 25.7 Å². The van der Waals surface area contributed by atoms with E-state index >= 15 is 0 Å². The highest BCUT2D eigenvalue weighted by Crippen LogP contribution is 2.33. The molecule has 100 valence electrons. The fraction of sp³-hybridized carbons (Fsp3) is 1.00. The van der Waals surface area contributed by atoms with Crippen molar-refractivity contribution < 1.29 is 8.42 Å². The third-order valence-electron chi connectivity index (χ3n) is 4.26. The minimum atomic E-state index is -2.84. The molecule has 2 saturated heterocycles. The van der Waals surface area contributed by atoms with Crippen LogP contribution in [0.2, 0.25) is 0 Å². The second-order valence-electron chi connectivity index (χ2n) is 5.44. The number of piperidine rings is 2. The number of fused-ring (bicyclic) bond motifs is 2. The Morgan fingerprint density at radius 3 is 2.35 bits per heavy atom. The van der Waals surface area contributed by atoms with Crippen LogP contribution in [0, 0.1) is 0 Å². The molecule has 2 atom stereocenters. The number of hydrogen-bond donors (Lipinski definition) is 1. The highest BCUT2D eigenvalue weighted by atomic mass is 32.2. The molecule has 2 fully saturated rings. The third kappa shape index (κ3) is 3.20. The van der Waals surface area contributed by atoms with E-state index < -0.39 is 9.84 Å². The topological polar surface area (TPSA) is 63.4 Å². The summed E-state index contributed by atoms with van der Waals surface area (Å²) in [5, 5.41) is 0. The fourth-order valence-electron chi connectivity index (χ4n) is 3.27. The SMILES string of the molecule is CCS(=O)(=O)CCN1C2CCCC1CC(N)C2. The van der Waals surface area contributed by atoms with Gasteiger partial charge in [-0.2, -0.15) is 0 Å². The van der Waals surface area contributed by atoms with E-state index in [2.05, 4.69) is 4.90 Å². The second kappa shape index (κ2) is 5.24. The predicted octanol–water partition coefficient (Wildman–Crippen LogP) is 0.765. The average Bonchev–Trinajstić information content (AvgIpc) is 2.26. The molecule has 0 saturated carbocycles. The minimum absolute atomic E-state index is 0.260. The lowest BCUT2D eigenvalue weighted by Crippen LogP contribution is -2.56. The van der Waals surface area contributed by atoms with E-state index in [-0.39, 0.29) is 5.75 Å². The van der Waals surface area contributed by atoms with Crippen LogP contribution in [0.1, 0.15) is 39.0 Å². The van der Waals surface area contributed by atoms with Crippen molar-refractivity contribution in [2.75, 3.05) is 18.1 Å². The fourth-order valence-corrected chi connectivity index (χ4v) is 4.05. The molecular weight excluding hydrogens is 236 g/mol. The summed E-state index contributed by atoms with van der Waals surface area (Å²) in [5.41, 5.74) is 6.05. The summed E-state index contributed by atoms with van der Waals surface area (Å²) in [6.07, 6.45) is 5.75. The zero-order valence-corrected chi connectivity index (χ0v) is 11.5. The van der Waals surface area contributed by atoms with Gasteiger partial charge in [0, 0.05) is 30.4 Å². The van der Waals surface area contributed by atoms with Crippen LogP contribution in [-0.4, -0.2) is 49.5 Å². The Balaban J connectivity index is 1.96. The number of hydrogen-bond acceptors (Lipinski definition) is 4. The van der Waals surface area contributed by atoms with Crippen molar-refractivity contribution in [3.8, 4) is 0 Å². The van der Waals surface area contributed by atoms with Crippen molar-refractivity contribution in [2.24, 2.45) is 5.73 Å². The molecule has 0 aromatic heterocycles. The van der Waals surface area contributed by atoms with Crippen LogP contribution in [-0.2, 0) is 9.84 Å². The van der Waals surface area contributed by atoms with Crippen LogP contribution in [0.4, 0.5) is 0 Å². The first kappa shape index (κ1) is 13.3. The van der Waals surface area contributed by atoms with E-state index in [1.807, 2.05) is 0 Å². The van der Waals surface area contributed by atoms with Gasteiger partial charge in [0.25, 0.3) is 0 Å². The van der Waals surface area contributed by atoms with Gasteiger partial charge in [-0.3, -0.25) is 4.90 Å². The van der Waals surface area contributed by atoms with Crippen molar-refractivity contribution in [3.63, 3.8) is 0 Å². The van der Waals surface area contributed by atoms with Crippen LogP contribution < -0.4 is 5.73 Å². The third-order valence-corrected chi connectivity index (χ3v) is 5.95. The molecular formula is C12H24N2O2S. The summed E-state index contributed by atoms with van der Waals surface area (Å²) < 4.78 is 23.1. The Morgan fingerprint density at radius 2 is 1.82 bits per heavy atom. The van der Waals surface area contributed by atoms with Gasteiger partial charge in [0.2, 0.25) is 0 Å². The van der Waals surface area contributed by atoms with E-state index in [0.29, 0.717) is 30.4 Å². The quantitative estimate of drug-likeness (QED) is 0.811. The second-order valence-corrected chi connectivity index (χ2v) is 7.92. The molecule has 0 radical (unpaired) electrons. The molecule has 2 aliphatic heterocycles. The van der Waals surface area contributed by atoms with Crippen LogP contribution in [0.15, 0.2) is 0 Å². The first-order valence-corrected chi connectivity index (χ1v) is 8.55. The molecule has 2 N–H and O–H groups in total. The molecule has 0 amide bonds. The lowest BCUT2D eigenvalue weighted by molar-refractivity contribution is 0.0374. The summed E-state index contributed by atoms with van der Waals surface area (Å²) in [7, 11) is -2.84.